The number of para-hydroxylation sites is 1. The van der Waals surface area contributed by atoms with Crippen LogP contribution in [-0.4, -0.2) is 22.2 Å². The Balaban J connectivity index is 1.57. The Hall–Kier alpha value is -2.44. The number of rotatable bonds is 2. The van der Waals surface area contributed by atoms with Crippen LogP contribution in [0.1, 0.15) is 27.3 Å². The van der Waals surface area contributed by atoms with E-state index in [-0.39, 0.29) is 5.91 Å². The second-order valence-corrected chi connectivity index (χ2v) is 8.94. The van der Waals surface area contributed by atoms with Crippen LogP contribution in [0.15, 0.2) is 59.1 Å². The lowest BCUT2D eigenvalue weighted by molar-refractivity contribution is 0.0989. The number of carbonyl (C=O) groups is 1. The van der Waals surface area contributed by atoms with Gasteiger partial charge in [0.05, 0.1) is 16.3 Å². The molecule has 28 heavy (non-hydrogen) atoms. The number of fused-ring (bicyclic) bond motifs is 2. The molecule has 0 spiro atoms. The zero-order chi connectivity index (χ0) is 19.3. The normalized spacial score (nSPS) is 13.7. The molecule has 0 radical (unpaired) electrons. The number of carbonyl (C=O) groups excluding carboxylic acids is 1. The molecule has 3 heterocycles. The molecule has 0 bridgehead atoms. The van der Waals surface area contributed by atoms with Gasteiger partial charge in [-0.1, -0.05) is 34.1 Å². The van der Waals surface area contributed by atoms with Crippen LogP contribution in [0, 0.1) is 6.92 Å². The molecule has 0 saturated heterocycles. The summed E-state index contributed by atoms with van der Waals surface area (Å²) in [5.41, 5.74) is 4.22. The number of hydrogen-bond acceptors (Lipinski definition) is 3. The van der Waals surface area contributed by atoms with Crippen molar-refractivity contribution in [2.75, 3.05) is 11.4 Å². The number of aromatic nitrogens is 2. The maximum Gasteiger partial charge on any atom is 0.268 e. The predicted octanol–water partition coefficient (Wildman–Crippen LogP) is 5.75. The van der Waals surface area contributed by atoms with Crippen molar-refractivity contribution >= 4 is 49.1 Å². The smallest absolute Gasteiger partial charge is 0.268 e. The van der Waals surface area contributed by atoms with E-state index in [0.717, 1.165) is 56.0 Å². The van der Waals surface area contributed by atoms with E-state index in [1.807, 2.05) is 59.0 Å². The molecule has 0 saturated carbocycles. The third kappa shape index (κ3) is 2.88. The maximum absolute atomic E-state index is 13.3. The number of halogens is 1. The van der Waals surface area contributed by atoms with Gasteiger partial charge in [-0.05, 0) is 61.7 Å². The fraction of sp³-hybridized carbons (Fsp3) is 0.182. The van der Waals surface area contributed by atoms with Gasteiger partial charge < -0.3 is 4.90 Å². The van der Waals surface area contributed by atoms with Crippen LogP contribution in [0.3, 0.4) is 0 Å². The Morgan fingerprint density at radius 3 is 2.75 bits per heavy atom. The van der Waals surface area contributed by atoms with E-state index in [1.165, 1.54) is 16.9 Å². The first-order chi connectivity index (χ1) is 13.6. The number of benzene rings is 2. The molecule has 1 aliphatic rings. The first-order valence-electron chi connectivity index (χ1n) is 9.27. The van der Waals surface area contributed by atoms with Gasteiger partial charge in [0.2, 0.25) is 0 Å². The van der Waals surface area contributed by atoms with Gasteiger partial charge in [-0.3, -0.25) is 4.79 Å². The zero-order valence-corrected chi connectivity index (χ0v) is 17.8. The van der Waals surface area contributed by atoms with Crippen molar-refractivity contribution in [2.45, 2.75) is 19.8 Å². The molecule has 4 aromatic rings. The SMILES string of the molecule is Cc1nn(-c2ccc(Br)cc2)c2sc(C(=O)N3CCCc4ccccc43)cc12. The number of thiophene rings is 1. The van der Waals surface area contributed by atoms with E-state index < -0.39 is 0 Å². The molecule has 0 fully saturated rings. The van der Waals surface area contributed by atoms with E-state index in [4.69, 9.17) is 0 Å². The van der Waals surface area contributed by atoms with Crippen LogP contribution in [0.4, 0.5) is 5.69 Å². The highest BCUT2D eigenvalue weighted by Gasteiger charge is 2.26. The van der Waals surface area contributed by atoms with Crippen molar-refractivity contribution in [3.63, 3.8) is 0 Å². The highest BCUT2D eigenvalue weighted by molar-refractivity contribution is 9.10. The molecule has 2 aromatic carbocycles. The molecule has 2 aromatic heterocycles. The van der Waals surface area contributed by atoms with Crippen LogP contribution in [0.2, 0.25) is 0 Å². The average molecular weight is 452 g/mol. The fourth-order valence-electron chi connectivity index (χ4n) is 3.79. The molecule has 1 aliphatic heterocycles. The molecule has 0 atom stereocenters. The Morgan fingerprint density at radius 2 is 1.93 bits per heavy atom. The molecular formula is C22H18BrN3OS. The van der Waals surface area contributed by atoms with Gasteiger partial charge in [0.1, 0.15) is 4.83 Å². The summed E-state index contributed by atoms with van der Waals surface area (Å²) in [7, 11) is 0. The summed E-state index contributed by atoms with van der Waals surface area (Å²) in [5.74, 6) is 0.0788. The average Bonchev–Trinajstić information content (AvgIpc) is 3.28. The van der Waals surface area contributed by atoms with Gasteiger partial charge >= 0.3 is 0 Å². The summed E-state index contributed by atoms with van der Waals surface area (Å²) in [5, 5.41) is 5.73. The monoisotopic (exact) mass is 451 g/mol. The third-order valence-electron chi connectivity index (χ3n) is 5.18. The van der Waals surface area contributed by atoms with E-state index in [9.17, 15) is 4.79 Å². The van der Waals surface area contributed by atoms with E-state index >= 15 is 0 Å². The highest BCUT2D eigenvalue weighted by atomic mass is 79.9. The number of aryl methyl sites for hydroxylation is 2. The van der Waals surface area contributed by atoms with E-state index in [2.05, 4.69) is 33.2 Å². The Labute approximate surface area is 175 Å². The summed E-state index contributed by atoms with van der Waals surface area (Å²) < 4.78 is 2.96. The van der Waals surface area contributed by atoms with Crippen LogP contribution < -0.4 is 4.90 Å². The van der Waals surface area contributed by atoms with Crippen LogP contribution >= 0.6 is 27.3 Å². The number of nitrogens with zero attached hydrogens (tertiary/aromatic N) is 3. The molecule has 0 N–H and O–H groups in total. The first kappa shape index (κ1) is 17.6. The first-order valence-corrected chi connectivity index (χ1v) is 10.9. The second kappa shape index (κ2) is 6.87. The topological polar surface area (TPSA) is 38.1 Å². The molecule has 6 heteroatoms. The second-order valence-electron chi connectivity index (χ2n) is 6.99. The molecule has 0 unspecified atom stereocenters. The molecular weight excluding hydrogens is 434 g/mol. The van der Waals surface area contributed by atoms with Gasteiger partial charge in [-0.15, -0.1) is 11.3 Å². The van der Waals surface area contributed by atoms with Crippen molar-refractivity contribution in [1.29, 1.82) is 0 Å². The van der Waals surface area contributed by atoms with Crippen LogP contribution in [0.25, 0.3) is 15.9 Å². The van der Waals surface area contributed by atoms with Gasteiger partial charge in [0, 0.05) is 22.1 Å². The quantitative estimate of drug-likeness (QED) is 0.389. The summed E-state index contributed by atoms with van der Waals surface area (Å²) >= 11 is 4.99. The lowest BCUT2D eigenvalue weighted by Crippen LogP contribution is -2.34. The fourth-order valence-corrected chi connectivity index (χ4v) is 5.18. The van der Waals surface area contributed by atoms with Crippen LogP contribution in [-0.2, 0) is 6.42 Å². The van der Waals surface area contributed by atoms with Crippen molar-refractivity contribution < 1.29 is 4.79 Å². The van der Waals surface area contributed by atoms with Crippen molar-refractivity contribution in [2.24, 2.45) is 0 Å². The lowest BCUT2D eigenvalue weighted by Gasteiger charge is -2.29. The molecule has 5 rings (SSSR count). The maximum atomic E-state index is 13.3. The molecule has 1 amide bonds. The zero-order valence-electron chi connectivity index (χ0n) is 15.4. The summed E-state index contributed by atoms with van der Waals surface area (Å²) in [6.45, 7) is 2.76. The highest BCUT2D eigenvalue weighted by Crippen LogP contribution is 2.34. The number of anilines is 1. The van der Waals surface area contributed by atoms with Crippen molar-refractivity contribution in [1.82, 2.24) is 9.78 Å². The summed E-state index contributed by atoms with van der Waals surface area (Å²) in [4.78, 5) is 17.0. The molecule has 140 valence electrons. The number of amides is 1. The van der Waals surface area contributed by atoms with Crippen molar-refractivity contribution in [3.05, 3.63) is 75.2 Å². The minimum atomic E-state index is 0.0788. The van der Waals surface area contributed by atoms with Gasteiger partial charge in [0.15, 0.2) is 0 Å². The van der Waals surface area contributed by atoms with E-state index in [0.29, 0.717) is 0 Å². The summed E-state index contributed by atoms with van der Waals surface area (Å²) in [6.07, 6.45) is 2.03. The van der Waals surface area contributed by atoms with Crippen molar-refractivity contribution in [3.8, 4) is 5.69 Å². The largest absolute Gasteiger partial charge is 0.307 e. The van der Waals surface area contributed by atoms with Gasteiger partial charge in [-0.25, -0.2) is 4.68 Å². The Morgan fingerprint density at radius 1 is 1.14 bits per heavy atom. The minimum Gasteiger partial charge on any atom is -0.307 e. The molecule has 4 nitrogen and oxygen atoms in total. The number of hydrogen-bond donors (Lipinski definition) is 0. The Bertz CT molecular complexity index is 1190. The van der Waals surface area contributed by atoms with E-state index in [1.54, 1.807) is 0 Å². The standard InChI is InChI=1S/C22H18BrN3OS/c1-14-18-13-20(21(27)25-12-4-6-15-5-2-3-7-19(15)25)28-22(18)26(24-14)17-10-8-16(23)9-11-17/h2-3,5,7-11,13H,4,6,12H2,1H3. The minimum absolute atomic E-state index is 0.0788. The Kier molecular flexibility index (Phi) is 4.33. The lowest BCUT2D eigenvalue weighted by atomic mass is 10.0. The summed E-state index contributed by atoms with van der Waals surface area (Å²) in [6, 6.07) is 18.3. The molecule has 0 aliphatic carbocycles. The predicted molar refractivity (Wildman–Crippen MR) is 118 cm³/mol. The van der Waals surface area contributed by atoms with Crippen LogP contribution in [0.5, 0.6) is 0 Å². The van der Waals surface area contributed by atoms with Gasteiger partial charge in [0.25, 0.3) is 5.91 Å². The third-order valence-corrected chi connectivity index (χ3v) is 6.81. The van der Waals surface area contributed by atoms with Gasteiger partial charge in [-0.2, -0.15) is 5.10 Å².